The lowest BCUT2D eigenvalue weighted by Crippen LogP contribution is -2.33. The zero-order valence-electron chi connectivity index (χ0n) is 15.1. The molecule has 3 aromatic rings. The van der Waals surface area contributed by atoms with Crippen LogP contribution in [0.3, 0.4) is 0 Å². The van der Waals surface area contributed by atoms with Crippen molar-refractivity contribution in [2.75, 3.05) is 6.54 Å². The minimum Gasteiger partial charge on any atom is -0.364 e. The molecule has 28 heavy (non-hydrogen) atoms. The highest BCUT2D eigenvalue weighted by Gasteiger charge is 2.25. The average molecular weight is 385 g/mol. The molecule has 0 radical (unpaired) electrons. The third-order valence-electron chi connectivity index (χ3n) is 4.81. The van der Waals surface area contributed by atoms with Gasteiger partial charge in [0, 0.05) is 31.8 Å². The fraction of sp³-hybridized carbons (Fsp3) is 0.278. The Hall–Kier alpha value is -3.27. The lowest BCUT2D eigenvalue weighted by molar-refractivity contribution is 0.0994. The summed E-state index contributed by atoms with van der Waals surface area (Å²) >= 11 is 0. The van der Waals surface area contributed by atoms with Crippen LogP contribution in [0.25, 0.3) is 11.1 Å². The topological polar surface area (TPSA) is 103 Å². The number of hydrogen-bond acceptors (Lipinski definition) is 6. The number of aromatic nitrogens is 5. The molecule has 0 saturated carbocycles. The number of fused-ring (bicyclic) bond motifs is 1. The quantitative estimate of drug-likeness (QED) is 0.724. The number of carbonyl (C=O) groups excluding carboxylic acids is 1. The van der Waals surface area contributed by atoms with Crippen molar-refractivity contribution in [3.8, 4) is 11.1 Å². The van der Waals surface area contributed by atoms with E-state index in [1.165, 1.54) is 18.2 Å². The first-order valence-corrected chi connectivity index (χ1v) is 8.64. The van der Waals surface area contributed by atoms with E-state index in [1.54, 1.807) is 11.7 Å². The molecule has 2 aromatic heterocycles. The summed E-state index contributed by atoms with van der Waals surface area (Å²) in [6.45, 7) is 1.61. The van der Waals surface area contributed by atoms with Crippen LogP contribution in [0, 0.1) is 11.6 Å². The minimum absolute atomic E-state index is 0.0413. The predicted molar refractivity (Wildman–Crippen MR) is 94.7 cm³/mol. The van der Waals surface area contributed by atoms with Gasteiger partial charge in [-0.05, 0) is 46.2 Å². The van der Waals surface area contributed by atoms with Gasteiger partial charge in [-0.2, -0.15) is 0 Å². The van der Waals surface area contributed by atoms with Crippen molar-refractivity contribution in [2.24, 2.45) is 12.8 Å². The second-order valence-corrected chi connectivity index (χ2v) is 6.65. The van der Waals surface area contributed by atoms with Crippen LogP contribution < -0.4 is 5.73 Å². The third kappa shape index (κ3) is 3.33. The van der Waals surface area contributed by atoms with Crippen LogP contribution in [0.5, 0.6) is 0 Å². The first-order chi connectivity index (χ1) is 13.4. The maximum absolute atomic E-state index is 14.4. The Bertz CT molecular complexity index is 1070. The van der Waals surface area contributed by atoms with Crippen molar-refractivity contribution in [1.29, 1.82) is 0 Å². The Balaban J connectivity index is 1.74. The second kappa shape index (κ2) is 7.04. The molecule has 1 aliphatic rings. The molecular weight excluding hydrogens is 368 g/mol. The number of hydrogen-bond donors (Lipinski definition) is 1. The SMILES string of the molecule is Cn1nnnc1CN1CCc2c(-c3ccc(F)cc3F)cc(C(N)=O)nc2C1. The Labute approximate surface area is 159 Å². The van der Waals surface area contributed by atoms with Gasteiger partial charge in [0.15, 0.2) is 5.82 Å². The van der Waals surface area contributed by atoms with Crippen molar-refractivity contribution in [1.82, 2.24) is 30.1 Å². The number of tetrazole rings is 1. The van der Waals surface area contributed by atoms with Crippen molar-refractivity contribution >= 4 is 5.91 Å². The summed E-state index contributed by atoms with van der Waals surface area (Å²) in [6, 6.07) is 4.84. The number of primary amides is 1. The van der Waals surface area contributed by atoms with Gasteiger partial charge in [-0.25, -0.2) is 18.4 Å². The molecule has 0 spiro atoms. The Kier molecular flexibility index (Phi) is 4.55. The molecule has 3 heterocycles. The zero-order chi connectivity index (χ0) is 19.8. The molecule has 0 unspecified atom stereocenters. The number of pyridine rings is 1. The second-order valence-electron chi connectivity index (χ2n) is 6.65. The van der Waals surface area contributed by atoms with E-state index in [4.69, 9.17) is 5.73 Å². The number of amides is 1. The fourth-order valence-corrected chi connectivity index (χ4v) is 3.39. The van der Waals surface area contributed by atoms with E-state index in [2.05, 4.69) is 25.4 Å². The van der Waals surface area contributed by atoms with E-state index in [1.807, 2.05) is 0 Å². The molecule has 10 heteroatoms. The van der Waals surface area contributed by atoms with Gasteiger partial charge < -0.3 is 5.73 Å². The van der Waals surface area contributed by atoms with Gasteiger partial charge in [-0.15, -0.1) is 5.10 Å². The summed E-state index contributed by atoms with van der Waals surface area (Å²) in [5, 5.41) is 11.4. The summed E-state index contributed by atoms with van der Waals surface area (Å²) in [5.41, 5.74) is 7.65. The van der Waals surface area contributed by atoms with Crippen LogP contribution in [0.4, 0.5) is 8.78 Å². The van der Waals surface area contributed by atoms with Crippen molar-refractivity contribution < 1.29 is 13.6 Å². The third-order valence-corrected chi connectivity index (χ3v) is 4.81. The highest BCUT2D eigenvalue weighted by molar-refractivity contribution is 5.92. The van der Waals surface area contributed by atoms with E-state index in [9.17, 15) is 13.6 Å². The standard InChI is InChI=1S/C18H17F2N7O/c1-26-17(23-24-25-26)9-27-5-4-12-13(11-3-2-10(19)6-14(11)20)7-15(18(21)28)22-16(12)8-27/h2-3,6-7H,4-5,8-9H2,1H3,(H2,21,28). The number of nitrogens with two attached hydrogens (primary N) is 1. The predicted octanol–water partition coefficient (Wildman–Crippen LogP) is 1.21. The van der Waals surface area contributed by atoms with E-state index < -0.39 is 17.5 Å². The molecule has 0 atom stereocenters. The molecule has 144 valence electrons. The summed E-state index contributed by atoms with van der Waals surface area (Å²) in [5.74, 6) is -1.38. The number of halogens is 2. The Morgan fingerprint density at radius 2 is 2.07 bits per heavy atom. The van der Waals surface area contributed by atoms with Gasteiger partial charge in [0.25, 0.3) is 5.91 Å². The average Bonchev–Trinajstić information content (AvgIpc) is 3.05. The van der Waals surface area contributed by atoms with Gasteiger partial charge in [-0.3, -0.25) is 9.69 Å². The molecule has 8 nitrogen and oxygen atoms in total. The number of nitrogens with zero attached hydrogens (tertiary/aromatic N) is 6. The van der Waals surface area contributed by atoms with Crippen LogP contribution >= 0.6 is 0 Å². The van der Waals surface area contributed by atoms with Crippen molar-refractivity contribution in [3.63, 3.8) is 0 Å². The first kappa shape index (κ1) is 18.1. The van der Waals surface area contributed by atoms with E-state index in [-0.39, 0.29) is 11.3 Å². The largest absolute Gasteiger partial charge is 0.364 e. The number of benzene rings is 1. The van der Waals surface area contributed by atoms with Gasteiger partial charge in [0.05, 0.1) is 12.2 Å². The molecule has 2 N–H and O–H groups in total. The molecule has 0 aliphatic carbocycles. The van der Waals surface area contributed by atoms with Crippen LogP contribution in [0.15, 0.2) is 24.3 Å². The number of rotatable bonds is 4. The molecule has 1 aliphatic heterocycles. The van der Waals surface area contributed by atoms with Crippen molar-refractivity contribution in [2.45, 2.75) is 19.5 Å². The highest BCUT2D eigenvalue weighted by atomic mass is 19.1. The van der Waals surface area contributed by atoms with Gasteiger partial charge in [-0.1, -0.05) is 0 Å². The number of aryl methyl sites for hydroxylation is 1. The van der Waals surface area contributed by atoms with Crippen LogP contribution in [-0.2, 0) is 26.6 Å². The molecule has 1 amide bonds. The van der Waals surface area contributed by atoms with E-state index >= 15 is 0 Å². The summed E-state index contributed by atoms with van der Waals surface area (Å²) in [6.07, 6.45) is 0.582. The van der Waals surface area contributed by atoms with Crippen LogP contribution in [0.2, 0.25) is 0 Å². The lowest BCUT2D eigenvalue weighted by Gasteiger charge is -2.29. The molecule has 0 saturated heterocycles. The number of carbonyl (C=O) groups is 1. The van der Waals surface area contributed by atoms with E-state index in [0.717, 1.165) is 11.6 Å². The highest BCUT2D eigenvalue weighted by Crippen LogP contribution is 2.32. The van der Waals surface area contributed by atoms with Crippen molar-refractivity contribution in [3.05, 3.63) is 58.7 Å². The molecule has 0 fully saturated rings. The summed E-state index contributed by atoms with van der Waals surface area (Å²) in [4.78, 5) is 18.2. The molecule has 4 rings (SSSR count). The molecule has 0 bridgehead atoms. The lowest BCUT2D eigenvalue weighted by atomic mass is 9.92. The van der Waals surface area contributed by atoms with E-state index in [0.29, 0.717) is 43.1 Å². The first-order valence-electron chi connectivity index (χ1n) is 8.64. The smallest absolute Gasteiger partial charge is 0.267 e. The summed E-state index contributed by atoms with van der Waals surface area (Å²) < 4.78 is 29.3. The Morgan fingerprint density at radius 1 is 1.25 bits per heavy atom. The van der Waals surface area contributed by atoms with Gasteiger partial charge >= 0.3 is 0 Å². The fourth-order valence-electron chi connectivity index (χ4n) is 3.39. The van der Waals surface area contributed by atoms with Crippen LogP contribution in [-0.4, -0.2) is 42.5 Å². The molecule has 1 aromatic carbocycles. The zero-order valence-corrected chi connectivity index (χ0v) is 15.1. The normalized spacial score (nSPS) is 14.1. The maximum atomic E-state index is 14.4. The van der Waals surface area contributed by atoms with Gasteiger partial charge in [0.1, 0.15) is 17.3 Å². The Morgan fingerprint density at radius 3 is 2.75 bits per heavy atom. The minimum atomic E-state index is -0.707. The molecular formula is C18H17F2N7O. The maximum Gasteiger partial charge on any atom is 0.267 e. The monoisotopic (exact) mass is 385 g/mol. The van der Waals surface area contributed by atoms with Gasteiger partial charge in [0.2, 0.25) is 0 Å². The summed E-state index contributed by atoms with van der Waals surface area (Å²) in [7, 11) is 1.76. The van der Waals surface area contributed by atoms with Crippen LogP contribution in [0.1, 0.15) is 27.6 Å².